The number of halogens is 2. The second-order valence-electron chi connectivity index (χ2n) is 5.93. The normalized spacial score (nSPS) is 15.2. The second-order valence-corrected chi connectivity index (χ2v) is 6.78. The van der Waals surface area contributed by atoms with Crippen LogP contribution >= 0.6 is 23.2 Å². The number of fused-ring (bicyclic) bond motifs is 1. The molecule has 1 amide bonds. The number of amides is 1. The van der Waals surface area contributed by atoms with Gasteiger partial charge >= 0.3 is 0 Å². The standard InChI is InChI=1S/C19H19Cl2NO4/c1-3-24-18-7-12-6-11(2)26-16(12)9-15(18)22-19(23)10-25-17-8-13(20)4-5-14(17)21/h4-5,7-9,11H,3,6,10H2,1-2H3,(H,22,23)/t11-/m1/s1. The third-order valence-electron chi connectivity index (χ3n) is 3.82. The Hall–Kier alpha value is -2.11. The molecular formula is C19H19Cl2NO4. The van der Waals surface area contributed by atoms with Crippen LogP contribution in [-0.2, 0) is 11.2 Å². The molecule has 1 atom stereocenters. The Morgan fingerprint density at radius 1 is 1.23 bits per heavy atom. The summed E-state index contributed by atoms with van der Waals surface area (Å²) in [5.74, 6) is 1.38. The van der Waals surface area contributed by atoms with Crippen molar-refractivity contribution in [3.63, 3.8) is 0 Å². The maximum Gasteiger partial charge on any atom is 0.262 e. The number of benzene rings is 2. The lowest BCUT2D eigenvalue weighted by atomic mass is 10.1. The fourth-order valence-electron chi connectivity index (χ4n) is 2.73. The Kier molecular flexibility index (Phi) is 5.79. The molecule has 1 aliphatic heterocycles. The molecular weight excluding hydrogens is 377 g/mol. The molecule has 0 unspecified atom stereocenters. The Balaban J connectivity index is 1.70. The van der Waals surface area contributed by atoms with Gasteiger partial charge in [0.2, 0.25) is 0 Å². The third kappa shape index (κ3) is 4.34. The predicted octanol–water partition coefficient (Wildman–Crippen LogP) is 4.73. The first kappa shape index (κ1) is 18.7. The predicted molar refractivity (Wildman–Crippen MR) is 102 cm³/mol. The Morgan fingerprint density at radius 2 is 2.04 bits per heavy atom. The molecule has 138 valence electrons. The summed E-state index contributed by atoms with van der Waals surface area (Å²) in [6, 6.07) is 8.52. The van der Waals surface area contributed by atoms with Crippen LogP contribution < -0.4 is 19.5 Å². The van der Waals surface area contributed by atoms with E-state index in [-0.39, 0.29) is 18.6 Å². The molecule has 0 fully saturated rings. The van der Waals surface area contributed by atoms with Gasteiger partial charge in [-0.2, -0.15) is 0 Å². The highest BCUT2D eigenvalue weighted by molar-refractivity contribution is 6.34. The van der Waals surface area contributed by atoms with Crippen molar-refractivity contribution in [2.24, 2.45) is 0 Å². The topological polar surface area (TPSA) is 56.8 Å². The third-order valence-corrected chi connectivity index (χ3v) is 4.37. The first-order valence-electron chi connectivity index (χ1n) is 8.30. The summed E-state index contributed by atoms with van der Waals surface area (Å²) in [6.45, 7) is 4.18. The maximum absolute atomic E-state index is 12.3. The molecule has 0 aliphatic carbocycles. The van der Waals surface area contributed by atoms with Crippen LogP contribution in [0.5, 0.6) is 17.2 Å². The van der Waals surface area contributed by atoms with Gasteiger partial charge in [-0.1, -0.05) is 23.2 Å². The maximum atomic E-state index is 12.3. The second kappa shape index (κ2) is 8.06. The van der Waals surface area contributed by atoms with E-state index in [0.717, 1.165) is 17.7 Å². The molecule has 0 saturated carbocycles. The van der Waals surface area contributed by atoms with Crippen molar-refractivity contribution >= 4 is 34.8 Å². The van der Waals surface area contributed by atoms with Gasteiger partial charge in [-0.3, -0.25) is 4.79 Å². The number of carbonyl (C=O) groups is 1. The smallest absolute Gasteiger partial charge is 0.262 e. The van der Waals surface area contributed by atoms with Crippen molar-refractivity contribution < 1.29 is 19.0 Å². The first-order valence-corrected chi connectivity index (χ1v) is 9.06. The average Bonchev–Trinajstić information content (AvgIpc) is 2.95. The zero-order valence-corrected chi connectivity index (χ0v) is 16.0. The first-order chi connectivity index (χ1) is 12.5. The average molecular weight is 396 g/mol. The summed E-state index contributed by atoms with van der Waals surface area (Å²) in [4.78, 5) is 12.3. The summed E-state index contributed by atoms with van der Waals surface area (Å²) < 4.78 is 16.9. The van der Waals surface area contributed by atoms with Crippen LogP contribution in [0.4, 0.5) is 5.69 Å². The minimum absolute atomic E-state index is 0.110. The number of hydrogen-bond acceptors (Lipinski definition) is 4. The largest absolute Gasteiger partial charge is 0.492 e. The quantitative estimate of drug-likeness (QED) is 0.767. The molecule has 2 aromatic rings. The summed E-state index contributed by atoms with van der Waals surface area (Å²) >= 11 is 11.9. The summed E-state index contributed by atoms with van der Waals surface area (Å²) in [5.41, 5.74) is 1.62. The molecule has 0 radical (unpaired) electrons. The minimum Gasteiger partial charge on any atom is -0.492 e. The molecule has 0 spiro atoms. The van der Waals surface area contributed by atoms with E-state index in [1.807, 2.05) is 19.9 Å². The molecule has 1 N–H and O–H groups in total. The van der Waals surface area contributed by atoms with E-state index in [2.05, 4.69) is 5.32 Å². The van der Waals surface area contributed by atoms with Crippen molar-refractivity contribution in [1.82, 2.24) is 0 Å². The fourth-order valence-corrected chi connectivity index (χ4v) is 3.06. The van der Waals surface area contributed by atoms with Crippen LogP contribution in [0.2, 0.25) is 10.0 Å². The molecule has 1 aliphatic rings. The van der Waals surface area contributed by atoms with Gasteiger partial charge in [0.25, 0.3) is 5.91 Å². The monoisotopic (exact) mass is 395 g/mol. The van der Waals surface area contributed by atoms with E-state index in [0.29, 0.717) is 33.8 Å². The van der Waals surface area contributed by atoms with E-state index in [9.17, 15) is 4.79 Å². The van der Waals surface area contributed by atoms with Gasteiger partial charge < -0.3 is 19.5 Å². The van der Waals surface area contributed by atoms with Gasteiger partial charge in [0.15, 0.2) is 6.61 Å². The lowest BCUT2D eigenvalue weighted by molar-refractivity contribution is -0.118. The van der Waals surface area contributed by atoms with Gasteiger partial charge in [0, 0.05) is 29.1 Å². The number of nitrogens with one attached hydrogen (secondary N) is 1. The molecule has 3 rings (SSSR count). The fraction of sp³-hybridized carbons (Fsp3) is 0.316. The molecule has 2 aromatic carbocycles. The Bertz CT molecular complexity index is 825. The van der Waals surface area contributed by atoms with Crippen LogP contribution in [-0.4, -0.2) is 25.2 Å². The van der Waals surface area contributed by atoms with Gasteiger partial charge in [-0.05, 0) is 32.0 Å². The van der Waals surface area contributed by atoms with E-state index in [4.69, 9.17) is 37.4 Å². The highest BCUT2D eigenvalue weighted by atomic mass is 35.5. The van der Waals surface area contributed by atoms with Crippen molar-refractivity contribution in [3.05, 3.63) is 45.9 Å². The highest BCUT2D eigenvalue weighted by Crippen LogP contribution is 2.38. The molecule has 7 heteroatoms. The van der Waals surface area contributed by atoms with Crippen molar-refractivity contribution in [1.29, 1.82) is 0 Å². The van der Waals surface area contributed by atoms with Crippen LogP contribution in [0.3, 0.4) is 0 Å². The number of hydrogen-bond donors (Lipinski definition) is 1. The molecule has 0 saturated heterocycles. The van der Waals surface area contributed by atoms with Gasteiger partial charge in [0.05, 0.1) is 17.3 Å². The van der Waals surface area contributed by atoms with Crippen LogP contribution in [0.25, 0.3) is 0 Å². The Labute approximate surface area is 162 Å². The van der Waals surface area contributed by atoms with E-state index < -0.39 is 0 Å². The lowest BCUT2D eigenvalue weighted by Gasteiger charge is -2.14. The lowest BCUT2D eigenvalue weighted by Crippen LogP contribution is -2.20. The Morgan fingerprint density at radius 3 is 2.81 bits per heavy atom. The van der Waals surface area contributed by atoms with E-state index in [1.54, 1.807) is 24.3 Å². The van der Waals surface area contributed by atoms with Crippen molar-refractivity contribution in [2.45, 2.75) is 26.4 Å². The molecule has 26 heavy (non-hydrogen) atoms. The molecule has 1 heterocycles. The van der Waals surface area contributed by atoms with Crippen LogP contribution in [0, 0.1) is 0 Å². The highest BCUT2D eigenvalue weighted by Gasteiger charge is 2.22. The van der Waals surface area contributed by atoms with E-state index >= 15 is 0 Å². The van der Waals surface area contributed by atoms with Crippen LogP contribution in [0.1, 0.15) is 19.4 Å². The summed E-state index contributed by atoms with van der Waals surface area (Å²) in [7, 11) is 0. The number of ether oxygens (including phenoxy) is 3. The molecule has 0 aromatic heterocycles. The number of rotatable bonds is 6. The van der Waals surface area contributed by atoms with Gasteiger partial charge in [-0.25, -0.2) is 0 Å². The van der Waals surface area contributed by atoms with Crippen LogP contribution in [0.15, 0.2) is 30.3 Å². The zero-order chi connectivity index (χ0) is 18.7. The number of anilines is 1. The molecule has 5 nitrogen and oxygen atoms in total. The SMILES string of the molecule is CCOc1cc2c(cc1NC(=O)COc1cc(Cl)ccc1Cl)O[C@H](C)C2. The number of carbonyl (C=O) groups excluding carboxylic acids is 1. The van der Waals surface area contributed by atoms with Crippen molar-refractivity contribution in [2.75, 3.05) is 18.5 Å². The van der Waals surface area contributed by atoms with Crippen molar-refractivity contribution in [3.8, 4) is 17.2 Å². The summed E-state index contributed by atoms with van der Waals surface area (Å²) in [5, 5.41) is 3.67. The zero-order valence-electron chi connectivity index (χ0n) is 14.5. The van der Waals surface area contributed by atoms with E-state index in [1.165, 1.54) is 0 Å². The van der Waals surface area contributed by atoms with Gasteiger partial charge in [0.1, 0.15) is 23.4 Å². The molecule has 0 bridgehead atoms. The van der Waals surface area contributed by atoms with Gasteiger partial charge in [-0.15, -0.1) is 0 Å². The summed E-state index contributed by atoms with van der Waals surface area (Å²) in [6.07, 6.45) is 0.929. The minimum atomic E-state index is -0.340.